The number of hydrogen-bond donors (Lipinski definition) is 3. The van der Waals surface area contributed by atoms with Crippen LogP contribution < -0.4 is 26.7 Å². The zero-order chi connectivity index (χ0) is 21.5. The number of fused-ring (bicyclic) bond motifs is 1. The van der Waals surface area contributed by atoms with Gasteiger partial charge in [-0.1, -0.05) is 0 Å². The fraction of sp³-hybridized carbons (Fsp3) is 0.364. The number of amidine groups is 1. The Hall–Kier alpha value is -3.42. The predicted molar refractivity (Wildman–Crippen MR) is 117 cm³/mol. The molecule has 8 nitrogen and oxygen atoms in total. The summed E-state index contributed by atoms with van der Waals surface area (Å²) in [6, 6.07) is 10.5. The average Bonchev–Trinajstić information content (AvgIpc) is 2.70. The molecule has 30 heavy (non-hydrogen) atoms. The van der Waals surface area contributed by atoms with Crippen LogP contribution in [0.2, 0.25) is 0 Å². The molecule has 1 fully saturated rings. The number of amides is 1. The van der Waals surface area contributed by atoms with Crippen LogP contribution >= 0.6 is 0 Å². The Kier molecular flexibility index (Phi) is 4.93. The number of nitrogen functional groups attached to an aromatic ring is 2. The van der Waals surface area contributed by atoms with E-state index in [1.807, 2.05) is 32.0 Å². The van der Waals surface area contributed by atoms with Crippen molar-refractivity contribution in [2.24, 2.45) is 10.7 Å². The van der Waals surface area contributed by atoms with Crippen LogP contribution in [0.1, 0.15) is 42.6 Å². The van der Waals surface area contributed by atoms with Gasteiger partial charge >= 0.3 is 0 Å². The van der Waals surface area contributed by atoms with Gasteiger partial charge in [0.05, 0.1) is 23.0 Å². The molecule has 1 saturated heterocycles. The lowest BCUT2D eigenvalue weighted by Crippen LogP contribution is -2.51. The number of aliphatic imine (C=N–C) groups is 1. The third-order valence-electron chi connectivity index (χ3n) is 5.39. The van der Waals surface area contributed by atoms with Crippen LogP contribution in [0, 0.1) is 0 Å². The first kappa shape index (κ1) is 19.9. The Morgan fingerprint density at radius 1 is 1.10 bits per heavy atom. The van der Waals surface area contributed by atoms with Crippen LogP contribution in [0.15, 0.2) is 41.4 Å². The minimum atomic E-state index is -0.756. The summed E-state index contributed by atoms with van der Waals surface area (Å²) < 4.78 is 12.0. The highest BCUT2D eigenvalue weighted by Gasteiger charge is 2.41. The lowest BCUT2D eigenvalue weighted by molar-refractivity contribution is 0.00748. The van der Waals surface area contributed by atoms with Gasteiger partial charge in [-0.15, -0.1) is 0 Å². The molecule has 1 amide bonds. The summed E-state index contributed by atoms with van der Waals surface area (Å²) in [5.41, 5.74) is 19.2. The molecule has 2 aliphatic heterocycles. The van der Waals surface area contributed by atoms with E-state index in [9.17, 15) is 4.79 Å². The number of benzene rings is 2. The average molecular weight is 409 g/mol. The number of carbonyl (C=O) groups is 1. The van der Waals surface area contributed by atoms with Crippen LogP contribution in [0.4, 0.5) is 11.4 Å². The Morgan fingerprint density at radius 3 is 2.50 bits per heavy atom. The molecule has 0 saturated carbocycles. The maximum Gasteiger partial charge on any atom is 0.253 e. The molecule has 2 aliphatic rings. The molecule has 6 N–H and O–H groups in total. The number of nitrogens with zero attached hydrogens (tertiary/aromatic N) is 2. The van der Waals surface area contributed by atoms with Crippen molar-refractivity contribution in [1.29, 1.82) is 0 Å². The summed E-state index contributed by atoms with van der Waals surface area (Å²) >= 11 is 0. The van der Waals surface area contributed by atoms with E-state index in [2.05, 4.69) is 4.99 Å². The second-order valence-electron chi connectivity index (χ2n) is 8.01. The van der Waals surface area contributed by atoms with Gasteiger partial charge in [-0.05, 0) is 50.2 Å². The van der Waals surface area contributed by atoms with Crippen molar-refractivity contribution in [3.63, 3.8) is 0 Å². The fourth-order valence-electron chi connectivity index (χ4n) is 3.81. The van der Waals surface area contributed by atoms with Crippen molar-refractivity contribution in [2.75, 3.05) is 24.6 Å². The van der Waals surface area contributed by atoms with Gasteiger partial charge in [0.2, 0.25) is 5.72 Å². The second kappa shape index (κ2) is 7.44. The predicted octanol–water partition coefficient (Wildman–Crippen LogP) is 2.37. The third kappa shape index (κ3) is 3.72. The number of nitrogens with two attached hydrogens (primary N) is 3. The summed E-state index contributed by atoms with van der Waals surface area (Å²) in [7, 11) is 0. The molecule has 0 aliphatic carbocycles. The van der Waals surface area contributed by atoms with Gasteiger partial charge in [0.1, 0.15) is 17.3 Å². The number of carbonyl (C=O) groups excluding carboxylic acids is 1. The Labute approximate surface area is 175 Å². The van der Waals surface area contributed by atoms with E-state index in [1.54, 1.807) is 23.1 Å². The molecule has 2 heterocycles. The summed E-state index contributed by atoms with van der Waals surface area (Å²) in [5, 5.41) is 0. The normalized spacial score (nSPS) is 17.3. The molecule has 2 aromatic carbocycles. The SMILES string of the molecule is CC(C)Oc1ccc2c(c1)C(N)=NC1(CCN(C(=O)c3ccc(N)c(N)c3)CC1)O2. The quantitative estimate of drug-likeness (QED) is 0.668. The highest BCUT2D eigenvalue weighted by atomic mass is 16.5. The number of likely N-dealkylation sites (tertiary alicyclic amines) is 1. The van der Waals surface area contributed by atoms with E-state index in [1.165, 1.54) is 0 Å². The molecule has 2 aromatic rings. The summed E-state index contributed by atoms with van der Waals surface area (Å²) in [6.45, 7) is 4.94. The number of rotatable bonds is 3. The van der Waals surface area contributed by atoms with E-state index in [0.29, 0.717) is 54.5 Å². The van der Waals surface area contributed by atoms with E-state index in [-0.39, 0.29) is 12.0 Å². The first-order chi connectivity index (χ1) is 14.3. The number of piperidine rings is 1. The topological polar surface area (TPSA) is 129 Å². The minimum absolute atomic E-state index is 0.0651. The first-order valence-electron chi connectivity index (χ1n) is 10.1. The first-order valence-corrected chi connectivity index (χ1v) is 10.1. The maximum absolute atomic E-state index is 12.8. The zero-order valence-electron chi connectivity index (χ0n) is 17.2. The molecular formula is C22H27N5O3. The van der Waals surface area contributed by atoms with Gasteiger partial charge in [0.15, 0.2) is 0 Å². The highest BCUT2D eigenvalue weighted by molar-refractivity contribution is 6.01. The van der Waals surface area contributed by atoms with E-state index < -0.39 is 5.72 Å². The van der Waals surface area contributed by atoms with Crippen molar-refractivity contribution in [1.82, 2.24) is 4.90 Å². The molecule has 158 valence electrons. The van der Waals surface area contributed by atoms with Gasteiger partial charge in [0, 0.05) is 31.5 Å². The summed E-state index contributed by atoms with van der Waals surface area (Å²) in [5.74, 6) is 1.76. The smallest absolute Gasteiger partial charge is 0.253 e. The molecule has 0 unspecified atom stereocenters. The lowest BCUT2D eigenvalue weighted by Gasteiger charge is -2.41. The molecule has 4 rings (SSSR count). The zero-order valence-corrected chi connectivity index (χ0v) is 17.2. The van der Waals surface area contributed by atoms with Gasteiger partial charge in [-0.2, -0.15) is 0 Å². The van der Waals surface area contributed by atoms with E-state index in [4.69, 9.17) is 26.7 Å². The van der Waals surface area contributed by atoms with Gasteiger partial charge < -0.3 is 31.6 Å². The Bertz CT molecular complexity index is 1010. The van der Waals surface area contributed by atoms with Crippen LogP contribution in [-0.2, 0) is 0 Å². The molecule has 1 spiro atoms. The van der Waals surface area contributed by atoms with E-state index >= 15 is 0 Å². The van der Waals surface area contributed by atoms with Gasteiger partial charge in [-0.25, -0.2) is 4.99 Å². The standard InChI is InChI=1S/C22H27N5O3/c1-13(2)29-15-4-6-19-16(12-15)20(25)26-22(30-19)7-9-27(10-8-22)21(28)14-3-5-17(23)18(24)11-14/h3-6,11-13H,7-10,23-24H2,1-2H3,(H2,25,26). The van der Waals surface area contributed by atoms with Crippen LogP contribution in [0.5, 0.6) is 11.5 Å². The second-order valence-corrected chi connectivity index (χ2v) is 8.01. The highest BCUT2D eigenvalue weighted by Crippen LogP contribution is 2.38. The van der Waals surface area contributed by atoms with Gasteiger partial charge in [0.25, 0.3) is 5.91 Å². The Morgan fingerprint density at radius 2 is 1.83 bits per heavy atom. The Balaban J connectivity index is 1.48. The monoisotopic (exact) mass is 409 g/mol. The van der Waals surface area contributed by atoms with E-state index in [0.717, 1.165) is 11.3 Å². The molecule has 0 aromatic heterocycles. The fourth-order valence-corrected chi connectivity index (χ4v) is 3.81. The van der Waals surface area contributed by atoms with Gasteiger partial charge in [-0.3, -0.25) is 4.79 Å². The number of ether oxygens (including phenoxy) is 2. The largest absolute Gasteiger partial charge is 0.491 e. The van der Waals surface area contributed by atoms with Crippen molar-refractivity contribution in [3.05, 3.63) is 47.5 Å². The lowest BCUT2D eigenvalue weighted by atomic mass is 9.97. The minimum Gasteiger partial charge on any atom is -0.491 e. The molecule has 0 radical (unpaired) electrons. The molecule has 8 heteroatoms. The third-order valence-corrected chi connectivity index (χ3v) is 5.39. The van der Waals surface area contributed by atoms with Crippen LogP contribution in [0.3, 0.4) is 0 Å². The summed E-state index contributed by atoms with van der Waals surface area (Å²) in [4.78, 5) is 19.3. The number of anilines is 2. The van der Waals surface area contributed by atoms with Crippen LogP contribution in [-0.4, -0.2) is 41.6 Å². The molecule has 0 bridgehead atoms. The maximum atomic E-state index is 12.8. The van der Waals surface area contributed by atoms with Crippen molar-refractivity contribution >= 4 is 23.1 Å². The van der Waals surface area contributed by atoms with Crippen molar-refractivity contribution in [2.45, 2.75) is 38.5 Å². The van der Waals surface area contributed by atoms with Crippen molar-refractivity contribution in [3.8, 4) is 11.5 Å². The summed E-state index contributed by atoms with van der Waals surface area (Å²) in [6.07, 6.45) is 1.16. The molecule has 0 atom stereocenters. The molecular weight excluding hydrogens is 382 g/mol. The van der Waals surface area contributed by atoms with Crippen molar-refractivity contribution < 1.29 is 14.3 Å². The van der Waals surface area contributed by atoms with Crippen LogP contribution in [0.25, 0.3) is 0 Å². The number of hydrogen-bond acceptors (Lipinski definition) is 7.